The first-order valence-electron chi connectivity index (χ1n) is 10.6. The molecule has 2 aliphatic rings. The molecule has 0 spiro atoms. The minimum absolute atomic E-state index is 0.0316. The highest BCUT2D eigenvalue weighted by Gasteiger charge is 2.33. The number of amides is 2. The highest BCUT2D eigenvalue weighted by Crippen LogP contribution is 2.24. The Bertz CT molecular complexity index is 903. The van der Waals surface area contributed by atoms with E-state index in [0.717, 1.165) is 0 Å². The van der Waals surface area contributed by atoms with E-state index in [9.17, 15) is 9.59 Å². The molecule has 0 aliphatic carbocycles. The summed E-state index contributed by atoms with van der Waals surface area (Å²) in [6, 6.07) is 12.8. The first kappa shape index (κ1) is 21.6. The average molecular weight is 444 g/mol. The molecule has 2 saturated heterocycles. The van der Waals surface area contributed by atoms with Crippen molar-refractivity contribution in [2.45, 2.75) is 18.9 Å². The lowest BCUT2D eigenvalue weighted by Gasteiger charge is -2.37. The number of hydrogen-bond donors (Lipinski definition) is 0. The number of likely N-dealkylation sites (tertiary alicyclic amines) is 1. The van der Waals surface area contributed by atoms with Gasteiger partial charge in [0.05, 0.1) is 13.2 Å². The Hall–Kier alpha value is -2.64. The zero-order valence-electron chi connectivity index (χ0n) is 17.3. The summed E-state index contributed by atoms with van der Waals surface area (Å²) >= 11 is 6.03. The summed E-state index contributed by atoms with van der Waals surface area (Å²) in [6.07, 6.45) is 2.75. The van der Waals surface area contributed by atoms with Crippen molar-refractivity contribution in [2.75, 3.05) is 39.4 Å². The Kier molecular flexibility index (Phi) is 7.04. The molecule has 2 fully saturated rings. The van der Waals surface area contributed by atoms with Gasteiger partial charge in [0.15, 0.2) is 10.9 Å². The number of ether oxygens (including phenoxy) is 2. The first-order valence-corrected chi connectivity index (χ1v) is 11.0. The predicted molar refractivity (Wildman–Crippen MR) is 116 cm³/mol. The van der Waals surface area contributed by atoms with Crippen LogP contribution in [0.3, 0.4) is 0 Å². The molecule has 1 aromatic carbocycles. The smallest absolute Gasteiger partial charge is 0.253 e. The van der Waals surface area contributed by atoms with Gasteiger partial charge in [-0.2, -0.15) is 0 Å². The minimum Gasteiger partial charge on any atom is -0.488 e. The molecule has 4 rings (SSSR count). The summed E-state index contributed by atoms with van der Waals surface area (Å²) in [5.74, 6) is 0.614. The van der Waals surface area contributed by atoms with Crippen molar-refractivity contribution in [1.29, 1.82) is 0 Å². The van der Waals surface area contributed by atoms with E-state index in [0.29, 0.717) is 68.7 Å². The van der Waals surface area contributed by atoms with E-state index in [-0.39, 0.29) is 23.8 Å². The van der Waals surface area contributed by atoms with Crippen LogP contribution < -0.4 is 4.74 Å². The molecule has 8 heteroatoms. The minimum atomic E-state index is -0.214. The van der Waals surface area contributed by atoms with Gasteiger partial charge in [0.25, 0.3) is 5.91 Å². The van der Waals surface area contributed by atoms with Gasteiger partial charge in [0.1, 0.15) is 12.7 Å². The van der Waals surface area contributed by atoms with Crippen molar-refractivity contribution < 1.29 is 19.1 Å². The Balaban J connectivity index is 1.26. The number of pyridine rings is 1. The normalized spacial score (nSPS) is 19.8. The number of aromatic nitrogens is 1. The Morgan fingerprint density at radius 2 is 1.84 bits per heavy atom. The summed E-state index contributed by atoms with van der Waals surface area (Å²) in [5.41, 5.74) is 0.692. The monoisotopic (exact) mass is 443 g/mol. The second kappa shape index (κ2) is 10.1. The molecule has 1 unspecified atom stereocenters. The highest BCUT2D eigenvalue weighted by atomic mass is 35.5. The van der Waals surface area contributed by atoms with Crippen molar-refractivity contribution in [3.8, 4) is 5.75 Å². The Labute approximate surface area is 186 Å². The van der Waals surface area contributed by atoms with Crippen LogP contribution in [0, 0.1) is 5.92 Å². The van der Waals surface area contributed by atoms with E-state index in [4.69, 9.17) is 21.1 Å². The van der Waals surface area contributed by atoms with Crippen LogP contribution in [-0.4, -0.2) is 72.1 Å². The van der Waals surface area contributed by atoms with Crippen LogP contribution in [0.1, 0.15) is 23.2 Å². The third-order valence-electron chi connectivity index (χ3n) is 5.75. The lowest BCUT2D eigenvalue weighted by molar-refractivity contribution is -0.145. The molecule has 1 aromatic heterocycles. The van der Waals surface area contributed by atoms with E-state index in [2.05, 4.69) is 4.98 Å². The van der Waals surface area contributed by atoms with Gasteiger partial charge in [0, 0.05) is 37.3 Å². The molecule has 2 aliphatic heterocycles. The number of nitrogens with zero attached hydrogens (tertiary/aromatic N) is 3. The van der Waals surface area contributed by atoms with Crippen molar-refractivity contribution >= 4 is 23.4 Å². The number of hydrogen-bond acceptors (Lipinski definition) is 5. The number of halogens is 1. The van der Waals surface area contributed by atoms with E-state index >= 15 is 0 Å². The van der Waals surface area contributed by atoms with Crippen LogP contribution in [0.2, 0.25) is 5.15 Å². The van der Waals surface area contributed by atoms with Crippen LogP contribution in [0.15, 0.2) is 48.7 Å². The third kappa shape index (κ3) is 5.35. The van der Waals surface area contributed by atoms with Crippen molar-refractivity contribution in [2.24, 2.45) is 5.92 Å². The average Bonchev–Trinajstić information content (AvgIpc) is 2.83. The highest BCUT2D eigenvalue weighted by molar-refractivity contribution is 6.30. The molecule has 31 heavy (non-hydrogen) atoms. The van der Waals surface area contributed by atoms with Crippen LogP contribution in [-0.2, 0) is 9.53 Å². The Morgan fingerprint density at radius 3 is 2.58 bits per heavy atom. The molecule has 3 heterocycles. The topological polar surface area (TPSA) is 72.0 Å². The number of benzene rings is 1. The zero-order valence-corrected chi connectivity index (χ0v) is 18.0. The molecule has 1 atom stereocenters. The third-order valence-corrected chi connectivity index (χ3v) is 6.04. The fourth-order valence-electron chi connectivity index (χ4n) is 4.03. The van der Waals surface area contributed by atoms with Gasteiger partial charge in [-0.05, 0) is 37.1 Å². The fourth-order valence-corrected chi connectivity index (χ4v) is 4.21. The number of morpholine rings is 1. The van der Waals surface area contributed by atoms with Crippen LogP contribution >= 0.6 is 11.6 Å². The van der Waals surface area contributed by atoms with Gasteiger partial charge < -0.3 is 19.3 Å². The maximum Gasteiger partial charge on any atom is 0.253 e. The molecule has 2 aromatic rings. The number of carbonyl (C=O) groups is 2. The fraction of sp³-hybridized carbons (Fsp3) is 0.435. The number of rotatable bonds is 5. The van der Waals surface area contributed by atoms with Gasteiger partial charge in [-0.3, -0.25) is 9.59 Å². The van der Waals surface area contributed by atoms with E-state index in [1.807, 2.05) is 40.1 Å². The van der Waals surface area contributed by atoms with E-state index < -0.39 is 0 Å². The Morgan fingerprint density at radius 1 is 1.06 bits per heavy atom. The quantitative estimate of drug-likeness (QED) is 0.664. The molecule has 0 N–H and O–H groups in total. The summed E-state index contributed by atoms with van der Waals surface area (Å²) in [7, 11) is 0. The molecular weight excluding hydrogens is 418 g/mol. The summed E-state index contributed by atoms with van der Waals surface area (Å²) in [4.78, 5) is 33.4. The molecule has 0 radical (unpaired) electrons. The second-order valence-corrected chi connectivity index (χ2v) is 8.17. The molecule has 0 bridgehead atoms. The molecule has 164 valence electrons. The number of piperidine rings is 1. The van der Waals surface area contributed by atoms with Gasteiger partial charge >= 0.3 is 0 Å². The van der Waals surface area contributed by atoms with Gasteiger partial charge in [-0.1, -0.05) is 29.8 Å². The van der Waals surface area contributed by atoms with Crippen LogP contribution in [0.25, 0.3) is 0 Å². The van der Waals surface area contributed by atoms with Crippen molar-refractivity contribution in [3.05, 3.63) is 59.4 Å². The first-order chi connectivity index (χ1) is 15.1. The molecule has 0 saturated carbocycles. The van der Waals surface area contributed by atoms with Crippen molar-refractivity contribution in [3.63, 3.8) is 0 Å². The van der Waals surface area contributed by atoms with Gasteiger partial charge in [-0.15, -0.1) is 0 Å². The lowest BCUT2D eigenvalue weighted by atomic mass is 9.94. The van der Waals surface area contributed by atoms with Crippen molar-refractivity contribution in [1.82, 2.24) is 14.8 Å². The lowest BCUT2D eigenvalue weighted by Crippen LogP contribution is -2.51. The molecular formula is C23H26ClN3O4. The van der Waals surface area contributed by atoms with E-state index in [1.165, 1.54) is 0 Å². The van der Waals surface area contributed by atoms with Crippen LogP contribution in [0.4, 0.5) is 0 Å². The maximum absolute atomic E-state index is 13.1. The largest absolute Gasteiger partial charge is 0.488 e. The zero-order chi connectivity index (χ0) is 21.6. The predicted octanol–water partition coefficient (Wildman–Crippen LogP) is 2.89. The summed E-state index contributed by atoms with van der Waals surface area (Å²) in [5, 5.41) is 0.308. The standard InChI is InChI=1S/C23H26ClN3O4/c24-21-20(7-4-10-25-21)31-16-19-15-27(13-14-30-19)23(29)18-8-11-26(12-9-18)22(28)17-5-2-1-3-6-17/h1-7,10,18-19H,8-9,11-16H2. The van der Waals surface area contributed by atoms with Crippen LogP contribution in [0.5, 0.6) is 5.75 Å². The summed E-state index contributed by atoms with van der Waals surface area (Å²) < 4.78 is 11.5. The summed E-state index contributed by atoms with van der Waals surface area (Å²) in [6.45, 7) is 3.04. The molecule has 7 nitrogen and oxygen atoms in total. The van der Waals surface area contributed by atoms with Gasteiger partial charge in [0.2, 0.25) is 5.91 Å². The molecule has 2 amide bonds. The van der Waals surface area contributed by atoms with E-state index in [1.54, 1.807) is 18.3 Å². The maximum atomic E-state index is 13.1. The number of carbonyl (C=O) groups excluding carboxylic acids is 2. The SMILES string of the molecule is O=C(c1ccccc1)N1CCC(C(=O)N2CCOC(COc3cccnc3Cl)C2)CC1. The second-order valence-electron chi connectivity index (χ2n) is 7.81. The van der Waals surface area contributed by atoms with Gasteiger partial charge in [-0.25, -0.2) is 4.98 Å².